The Kier molecular flexibility index (Phi) is 2.92. The first kappa shape index (κ1) is 12.7. The molecule has 2 aliphatic carbocycles. The number of methoxy groups -OCH3 is 1. The third kappa shape index (κ3) is 1.80. The van der Waals surface area contributed by atoms with Crippen LogP contribution in [0.2, 0.25) is 0 Å². The molecule has 0 N–H and O–H groups in total. The van der Waals surface area contributed by atoms with E-state index in [9.17, 15) is 4.79 Å². The molecule has 1 saturated carbocycles. The van der Waals surface area contributed by atoms with E-state index in [1.54, 1.807) is 7.11 Å². The number of ketones is 1. The predicted octanol–water partition coefficient (Wildman–Crippen LogP) is 3.51. The fourth-order valence-electron chi connectivity index (χ4n) is 4.25. The van der Waals surface area contributed by atoms with Gasteiger partial charge in [-0.25, -0.2) is 0 Å². The van der Waals surface area contributed by atoms with Gasteiger partial charge in [-0.1, -0.05) is 19.9 Å². The van der Waals surface area contributed by atoms with E-state index >= 15 is 0 Å². The van der Waals surface area contributed by atoms with Crippen LogP contribution in [0.1, 0.15) is 44.2 Å². The Hall–Kier alpha value is -1.31. The molecule has 0 radical (unpaired) electrons. The summed E-state index contributed by atoms with van der Waals surface area (Å²) in [5.74, 6) is 2.13. The van der Waals surface area contributed by atoms with Crippen LogP contribution in [-0.4, -0.2) is 12.9 Å². The van der Waals surface area contributed by atoms with Crippen LogP contribution >= 0.6 is 0 Å². The molecule has 0 aliphatic heterocycles. The highest BCUT2D eigenvalue weighted by atomic mass is 16.5. The number of hydrogen-bond donors (Lipinski definition) is 0. The van der Waals surface area contributed by atoms with Gasteiger partial charge in [-0.2, -0.15) is 0 Å². The number of Topliss-reactive ketones (excluding diaryl/α,β-unsaturated/α-hetero) is 1. The number of rotatable bonds is 1. The van der Waals surface area contributed by atoms with Crippen LogP contribution in [0.3, 0.4) is 0 Å². The Bertz CT molecular complexity index is 520. The summed E-state index contributed by atoms with van der Waals surface area (Å²) in [6.45, 7) is 4.48. The first-order chi connectivity index (χ1) is 9.06. The van der Waals surface area contributed by atoms with Crippen molar-refractivity contribution in [1.29, 1.82) is 0 Å². The normalized spacial score (nSPS) is 33.5. The molecule has 2 nitrogen and oxygen atoms in total. The van der Waals surface area contributed by atoms with Gasteiger partial charge in [0.05, 0.1) is 7.11 Å². The molecule has 2 aliphatic rings. The number of carbonyl (C=O) groups is 1. The second-order valence-corrected chi connectivity index (χ2v) is 6.34. The maximum Gasteiger partial charge on any atom is 0.136 e. The number of carbonyl (C=O) groups excluding carboxylic acids is 1. The average Bonchev–Trinajstić information content (AvgIpc) is 2.43. The summed E-state index contributed by atoms with van der Waals surface area (Å²) in [7, 11) is 1.72. The fraction of sp³-hybridized carbons (Fsp3) is 0.588. The molecule has 1 aromatic carbocycles. The van der Waals surface area contributed by atoms with E-state index in [-0.39, 0.29) is 11.3 Å². The van der Waals surface area contributed by atoms with Crippen LogP contribution in [0.4, 0.5) is 0 Å². The molecule has 0 saturated heterocycles. The van der Waals surface area contributed by atoms with Gasteiger partial charge >= 0.3 is 0 Å². The third-order valence-corrected chi connectivity index (χ3v) is 5.47. The van der Waals surface area contributed by atoms with Gasteiger partial charge in [0.1, 0.15) is 11.5 Å². The van der Waals surface area contributed by atoms with Gasteiger partial charge < -0.3 is 4.74 Å². The van der Waals surface area contributed by atoms with Crippen LogP contribution in [-0.2, 0) is 16.6 Å². The van der Waals surface area contributed by atoms with E-state index in [0.29, 0.717) is 11.7 Å². The molecule has 0 amide bonds. The van der Waals surface area contributed by atoms with E-state index in [1.807, 2.05) is 0 Å². The van der Waals surface area contributed by atoms with Gasteiger partial charge in [-0.05, 0) is 53.9 Å². The van der Waals surface area contributed by atoms with E-state index in [4.69, 9.17) is 4.74 Å². The van der Waals surface area contributed by atoms with Crippen molar-refractivity contribution < 1.29 is 9.53 Å². The number of benzene rings is 1. The quantitative estimate of drug-likeness (QED) is 0.770. The highest BCUT2D eigenvalue weighted by molar-refractivity contribution is 5.82. The van der Waals surface area contributed by atoms with Gasteiger partial charge in [0.25, 0.3) is 0 Å². The van der Waals surface area contributed by atoms with Crippen molar-refractivity contribution in [2.45, 2.75) is 44.9 Å². The summed E-state index contributed by atoms with van der Waals surface area (Å²) in [5.41, 5.74) is 3.04. The second-order valence-electron chi connectivity index (χ2n) is 6.34. The largest absolute Gasteiger partial charge is 0.497 e. The van der Waals surface area contributed by atoms with E-state index in [2.05, 4.69) is 32.0 Å². The average molecular weight is 258 g/mol. The maximum atomic E-state index is 12.0. The van der Waals surface area contributed by atoms with Crippen LogP contribution < -0.4 is 4.74 Å². The first-order valence-corrected chi connectivity index (χ1v) is 7.26. The maximum absolute atomic E-state index is 12.0. The Morgan fingerprint density at radius 2 is 2.11 bits per heavy atom. The van der Waals surface area contributed by atoms with Gasteiger partial charge in [-0.15, -0.1) is 0 Å². The Morgan fingerprint density at radius 3 is 2.84 bits per heavy atom. The van der Waals surface area contributed by atoms with Crippen LogP contribution in [0.5, 0.6) is 5.75 Å². The minimum absolute atomic E-state index is 0.174. The lowest BCUT2D eigenvalue weighted by Crippen LogP contribution is -2.46. The monoisotopic (exact) mass is 258 g/mol. The fourth-order valence-corrected chi connectivity index (χ4v) is 4.25. The van der Waals surface area contributed by atoms with Gasteiger partial charge in [0, 0.05) is 12.3 Å². The predicted molar refractivity (Wildman–Crippen MR) is 75.6 cm³/mol. The lowest BCUT2D eigenvalue weighted by molar-refractivity contribution is -0.128. The molecule has 0 aromatic heterocycles. The molecule has 0 bridgehead atoms. The molecule has 3 atom stereocenters. The number of ether oxygens (including phenoxy) is 1. The summed E-state index contributed by atoms with van der Waals surface area (Å²) >= 11 is 0. The third-order valence-electron chi connectivity index (χ3n) is 5.47. The summed E-state index contributed by atoms with van der Waals surface area (Å²) in [4.78, 5) is 12.0. The zero-order valence-corrected chi connectivity index (χ0v) is 12.0. The molecule has 1 aromatic rings. The first-order valence-electron chi connectivity index (χ1n) is 7.26. The SMILES string of the molecule is COc1ccc2c(c1)CC[C@@H]1[C@@H](C)C(=O)CC[C@]21C. The Morgan fingerprint density at radius 1 is 1.32 bits per heavy atom. The zero-order valence-electron chi connectivity index (χ0n) is 12.0. The van der Waals surface area contributed by atoms with E-state index in [0.717, 1.165) is 31.4 Å². The molecule has 1 fully saturated rings. The van der Waals surface area contributed by atoms with Crippen molar-refractivity contribution in [2.24, 2.45) is 11.8 Å². The van der Waals surface area contributed by atoms with E-state index < -0.39 is 0 Å². The van der Waals surface area contributed by atoms with Crippen LogP contribution in [0.15, 0.2) is 18.2 Å². The van der Waals surface area contributed by atoms with Gasteiger partial charge in [-0.3, -0.25) is 4.79 Å². The molecule has 102 valence electrons. The summed E-state index contributed by atoms with van der Waals surface area (Å²) in [5, 5.41) is 0. The molecule has 0 spiro atoms. The lowest BCUT2D eigenvalue weighted by Gasteiger charge is -2.48. The molecule has 3 rings (SSSR count). The highest BCUT2D eigenvalue weighted by Gasteiger charge is 2.47. The van der Waals surface area contributed by atoms with Crippen molar-refractivity contribution in [3.63, 3.8) is 0 Å². The molecule has 2 heteroatoms. The van der Waals surface area contributed by atoms with Gasteiger partial charge in [0.2, 0.25) is 0 Å². The van der Waals surface area contributed by atoms with Crippen molar-refractivity contribution in [3.8, 4) is 5.75 Å². The number of hydrogen-bond acceptors (Lipinski definition) is 2. The van der Waals surface area contributed by atoms with Crippen LogP contribution in [0.25, 0.3) is 0 Å². The van der Waals surface area contributed by atoms with Crippen molar-refractivity contribution in [2.75, 3.05) is 7.11 Å². The minimum atomic E-state index is 0.174. The highest BCUT2D eigenvalue weighted by Crippen LogP contribution is 2.51. The van der Waals surface area contributed by atoms with Crippen LogP contribution in [0, 0.1) is 11.8 Å². The molecule has 19 heavy (non-hydrogen) atoms. The minimum Gasteiger partial charge on any atom is -0.497 e. The Balaban J connectivity index is 2.05. The van der Waals surface area contributed by atoms with Gasteiger partial charge in [0.15, 0.2) is 0 Å². The summed E-state index contributed by atoms with van der Waals surface area (Å²) in [6, 6.07) is 6.47. The standard InChI is InChI=1S/C17H22O2/c1-11-14-6-4-12-10-13(19-3)5-7-15(12)17(14,2)9-8-16(11)18/h5,7,10-11,14H,4,6,8-9H2,1-3H3/t11-,14-,17+/m1/s1. The Labute approximate surface area is 115 Å². The number of aryl methyl sites for hydroxylation is 1. The van der Waals surface area contributed by atoms with Crippen molar-refractivity contribution in [1.82, 2.24) is 0 Å². The summed E-state index contributed by atoms with van der Waals surface area (Å²) in [6.07, 6.45) is 3.94. The second kappa shape index (κ2) is 4.36. The molecule has 0 unspecified atom stereocenters. The van der Waals surface area contributed by atoms with Crippen molar-refractivity contribution in [3.05, 3.63) is 29.3 Å². The van der Waals surface area contributed by atoms with Crippen molar-refractivity contribution >= 4 is 5.78 Å². The topological polar surface area (TPSA) is 26.3 Å². The smallest absolute Gasteiger partial charge is 0.136 e. The zero-order chi connectivity index (χ0) is 13.6. The molecule has 0 heterocycles. The summed E-state index contributed by atoms with van der Waals surface area (Å²) < 4.78 is 5.33. The number of fused-ring (bicyclic) bond motifs is 3. The lowest BCUT2D eigenvalue weighted by atomic mass is 9.55. The van der Waals surface area contributed by atoms with E-state index in [1.165, 1.54) is 11.1 Å². The molecular formula is C17H22O2. The molecular weight excluding hydrogens is 236 g/mol.